The minimum atomic E-state index is -4.38. The molecule has 0 aromatic carbocycles. The topological polar surface area (TPSA) is 38.9 Å². The van der Waals surface area contributed by atoms with Crippen molar-refractivity contribution < 1.29 is 13.2 Å². The average Bonchev–Trinajstić information content (AvgIpc) is 1.97. The van der Waals surface area contributed by atoms with E-state index in [0.717, 1.165) is 12.1 Å². The van der Waals surface area contributed by atoms with E-state index in [2.05, 4.69) is 4.98 Å². The lowest BCUT2D eigenvalue weighted by Crippen LogP contribution is -2.10. The Kier molecular flexibility index (Phi) is 3.42. The van der Waals surface area contributed by atoms with Gasteiger partial charge in [-0.1, -0.05) is 20.8 Å². The Morgan fingerprint density at radius 2 is 1.75 bits per heavy atom. The molecule has 6 heteroatoms. The van der Waals surface area contributed by atoms with Crippen molar-refractivity contribution in [3.05, 3.63) is 17.7 Å². The van der Waals surface area contributed by atoms with Crippen molar-refractivity contribution in [3.8, 4) is 0 Å². The lowest BCUT2D eigenvalue weighted by molar-refractivity contribution is -0.137. The molecule has 0 fully saturated rings. The van der Waals surface area contributed by atoms with Crippen LogP contribution in [-0.4, -0.2) is 9.73 Å². The summed E-state index contributed by atoms with van der Waals surface area (Å²) in [6.07, 6.45) is -4.38. The molecule has 90 valence electrons. The quantitative estimate of drug-likeness (QED) is 0.774. The lowest BCUT2D eigenvalue weighted by Gasteiger charge is -2.18. The molecule has 2 nitrogen and oxygen atoms in total. The zero-order chi connectivity index (χ0) is 12.6. The number of halogens is 3. The van der Waals surface area contributed by atoms with Crippen molar-refractivity contribution in [2.24, 2.45) is 0 Å². The summed E-state index contributed by atoms with van der Waals surface area (Å²) >= 11 is 1.25. The summed E-state index contributed by atoms with van der Waals surface area (Å²) in [7, 11) is 0. The summed E-state index contributed by atoms with van der Waals surface area (Å²) < 4.78 is 37.3. The molecule has 0 aliphatic rings. The van der Waals surface area contributed by atoms with Gasteiger partial charge in [-0.3, -0.25) is 0 Å². The highest BCUT2D eigenvalue weighted by atomic mass is 32.2. The van der Waals surface area contributed by atoms with Gasteiger partial charge in [-0.15, -0.1) is 11.8 Å². The largest absolute Gasteiger partial charge is 0.416 e. The number of hydrogen-bond acceptors (Lipinski definition) is 3. The second-order valence-corrected chi connectivity index (χ2v) is 6.18. The summed E-state index contributed by atoms with van der Waals surface area (Å²) in [6, 6.07) is 1.86. The Morgan fingerprint density at radius 3 is 2.19 bits per heavy atom. The Hall–Kier alpha value is -0.910. The van der Waals surface area contributed by atoms with Gasteiger partial charge in [0, 0.05) is 4.75 Å². The number of anilines is 1. The third-order valence-corrected chi connectivity index (χ3v) is 2.59. The summed E-state index contributed by atoms with van der Waals surface area (Å²) in [5.41, 5.74) is 4.59. The first-order valence-corrected chi connectivity index (χ1v) is 5.43. The molecule has 1 heterocycles. The molecule has 0 unspecified atom stereocenters. The van der Waals surface area contributed by atoms with E-state index in [4.69, 9.17) is 5.73 Å². The standard InChI is InChI=1S/C10H13F3N2S/c1-9(2,3)16-8-5-6(10(11,12)13)4-7(14)15-8/h4-5H,1-3H3,(H2,14,15). The van der Waals surface area contributed by atoms with Crippen LogP contribution in [-0.2, 0) is 6.18 Å². The zero-order valence-corrected chi connectivity index (χ0v) is 10.0. The van der Waals surface area contributed by atoms with Gasteiger partial charge in [-0.2, -0.15) is 13.2 Å². The third-order valence-electron chi connectivity index (χ3n) is 1.56. The van der Waals surface area contributed by atoms with E-state index in [0.29, 0.717) is 5.03 Å². The molecule has 0 spiro atoms. The van der Waals surface area contributed by atoms with E-state index in [9.17, 15) is 13.2 Å². The van der Waals surface area contributed by atoms with Gasteiger partial charge in [0.25, 0.3) is 0 Å². The van der Waals surface area contributed by atoms with Crippen LogP contribution in [0.4, 0.5) is 19.0 Å². The molecule has 0 aliphatic carbocycles. The average molecular weight is 250 g/mol. The van der Waals surface area contributed by atoms with E-state index in [1.807, 2.05) is 20.8 Å². The highest BCUT2D eigenvalue weighted by molar-refractivity contribution is 8.00. The van der Waals surface area contributed by atoms with Crippen molar-refractivity contribution in [2.75, 3.05) is 5.73 Å². The molecule has 1 rings (SSSR count). The second kappa shape index (κ2) is 4.16. The van der Waals surface area contributed by atoms with E-state index in [1.165, 1.54) is 11.8 Å². The molecule has 1 aromatic rings. The fourth-order valence-corrected chi connectivity index (χ4v) is 2.02. The molecular formula is C10H13F3N2S. The molecule has 0 radical (unpaired) electrons. The van der Waals surface area contributed by atoms with Crippen LogP contribution in [0.25, 0.3) is 0 Å². The number of nitrogens with two attached hydrogens (primary N) is 1. The Bertz CT molecular complexity index is 383. The predicted molar refractivity (Wildman–Crippen MR) is 59.3 cm³/mol. The normalized spacial score (nSPS) is 12.9. The molecule has 0 saturated heterocycles. The minimum absolute atomic E-state index is 0.110. The number of hydrogen-bond donors (Lipinski definition) is 1. The maximum Gasteiger partial charge on any atom is 0.416 e. The van der Waals surface area contributed by atoms with Crippen LogP contribution >= 0.6 is 11.8 Å². The van der Waals surface area contributed by atoms with Crippen molar-refractivity contribution in [1.82, 2.24) is 4.98 Å². The van der Waals surface area contributed by atoms with Gasteiger partial charge >= 0.3 is 6.18 Å². The van der Waals surface area contributed by atoms with Crippen LogP contribution in [0.1, 0.15) is 26.3 Å². The summed E-state index contributed by atoms with van der Waals surface area (Å²) in [5.74, 6) is -0.110. The number of nitrogen functional groups attached to an aromatic ring is 1. The fourth-order valence-electron chi connectivity index (χ4n) is 1.06. The first kappa shape index (κ1) is 13.2. The maximum atomic E-state index is 12.5. The number of nitrogens with zero attached hydrogens (tertiary/aromatic N) is 1. The van der Waals surface area contributed by atoms with Gasteiger partial charge in [-0.25, -0.2) is 4.98 Å². The number of pyridine rings is 1. The van der Waals surface area contributed by atoms with Crippen LogP contribution in [0, 0.1) is 0 Å². The molecule has 16 heavy (non-hydrogen) atoms. The third kappa shape index (κ3) is 3.92. The number of aromatic nitrogens is 1. The highest BCUT2D eigenvalue weighted by Gasteiger charge is 2.31. The second-order valence-electron chi connectivity index (χ2n) is 4.33. The predicted octanol–water partition coefficient (Wildman–Crippen LogP) is 3.57. The molecule has 2 N–H and O–H groups in total. The molecule has 0 amide bonds. The van der Waals surface area contributed by atoms with Gasteiger partial charge in [0.2, 0.25) is 0 Å². The van der Waals surface area contributed by atoms with Gasteiger partial charge < -0.3 is 5.73 Å². The molecule has 1 aromatic heterocycles. The van der Waals surface area contributed by atoms with E-state index in [1.54, 1.807) is 0 Å². The van der Waals surface area contributed by atoms with Crippen LogP contribution in [0.15, 0.2) is 17.2 Å². The smallest absolute Gasteiger partial charge is 0.384 e. The SMILES string of the molecule is CC(C)(C)Sc1cc(C(F)(F)F)cc(N)n1. The minimum Gasteiger partial charge on any atom is -0.384 e. The van der Waals surface area contributed by atoms with E-state index < -0.39 is 11.7 Å². The molecule has 0 atom stereocenters. The van der Waals surface area contributed by atoms with Crippen LogP contribution in [0.3, 0.4) is 0 Å². The molecule has 0 aliphatic heterocycles. The van der Waals surface area contributed by atoms with Gasteiger partial charge in [0.05, 0.1) is 10.6 Å². The van der Waals surface area contributed by atoms with Crippen molar-refractivity contribution in [2.45, 2.75) is 36.7 Å². The number of rotatable bonds is 1. The monoisotopic (exact) mass is 250 g/mol. The van der Waals surface area contributed by atoms with Gasteiger partial charge in [0.1, 0.15) is 5.82 Å². The fraction of sp³-hybridized carbons (Fsp3) is 0.500. The number of thioether (sulfide) groups is 1. The molecular weight excluding hydrogens is 237 g/mol. The van der Waals surface area contributed by atoms with E-state index >= 15 is 0 Å². The maximum absolute atomic E-state index is 12.5. The van der Waals surface area contributed by atoms with Crippen molar-refractivity contribution in [1.29, 1.82) is 0 Å². The first-order valence-electron chi connectivity index (χ1n) is 4.62. The Labute approximate surface area is 96.4 Å². The summed E-state index contributed by atoms with van der Waals surface area (Å²) in [6.45, 7) is 5.70. The highest BCUT2D eigenvalue weighted by Crippen LogP contribution is 2.36. The van der Waals surface area contributed by atoms with Gasteiger partial charge in [0.15, 0.2) is 0 Å². The van der Waals surface area contributed by atoms with Crippen LogP contribution < -0.4 is 5.73 Å². The van der Waals surface area contributed by atoms with Crippen LogP contribution in [0.2, 0.25) is 0 Å². The van der Waals surface area contributed by atoms with Gasteiger partial charge in [-0.05, 0) is 12.1 Å². The van der Waals surface area contributed by atoms with Crippen molar-refractivity contribution >= 4 is 17.6 Å². The Morgan fingerprint density at radius 1 is 1.19 bits per heavy atom. The number of alkyl halides is 3. The lowest BCUT2D eigenvalue weighted by atomic mass is 10.2. The van der Waals surface area contributed by atoms with Crippen molar-refractivity contribution in [3.63, 3.8) is 0 Å². The van der Waals surface area contributed by atoms with Crippen LogP contribution in [0.5, 0.6) is 0 Å². The Balaban J connectivity index is 3.09. The summed E-state index contributed by atoms with van der Waals surface area (Å²) in [5, 5.41) is 0.292. The van der Waals surface area contributed by atoms with E-state index in [-0.39, 0.29) is 10.6 Å². The molecule has 0 saturated carbocycles. The summed E-state index contributed by atoms with van der Waals surface area (Å²) in [4.78, 5) is 3.87. The zero-order valence-electron chi connectivity index (χ0n) is 9.22. The molecule has 0 bridgehead atoms. The first-order chi connectivity index (χ1) is 7.08.